The first-order chi connectivity index (χ1) is 5.24. The van der Waals surface area contributed by atoms with Crippen LogP contribution in [-0.4, -0.2) is 0 Å². The fourth-order valence-corrected chi connectivity index (χ4v) is 2.88. The summed E-state index contributed by atoms with van der Waals surface area (Å²) >= 11 is 0. The molecule has 3 aliphatic carbocycles. The van der Waals surface area contributed by atoms with Crippen LogP contribution in [0.3, 0.4) is 0 Å². The maximum absolute atomic E-state index is 5.56. The molecular formula is C11H16. The molecule has 0 aromatic rings. The highest BCUT2D eigenvalue weighted by Crippen LogP contribution is 2.54. The Morgan fingerprint density at radius 2 is 2.00 bits per heavy atom. The number of terminal acetylenes is 1. The molecule has 0 spiro atoms. The van der Waals surface area contributed by atoms with Crippen LogP contribution in [0.25, 0.3) is 0 Å². The summed E-state index contributed by atoms with van der Waals surface area (Å²) in [5, 5.41) is 0. The Labute approximate surface area is 69.4 Å². The maximum Gasteiger partial charge on any atom is 0.0319 e. The van der Waals surface area contributed by atoms with Gasteiger partial charge in [-0.3, -0.25) is 0 Å². The topological polar surface area (TPSA) is 0 Å². The van der Waals surface area contributed by atoms with Gasteiger partial charge in [0.2, 0.25) is 0 Å². The van der Waals surface area contributed by atoms with Crippen LogP contribution < -0.4 is 0 Å². The van der Waals surface area contributed by atoms with Gasteiger partial charge in [0.05, 0.1) is 0 Å². The first kappa shape index (κ1) is 7.22. The Balaban J connectivity index is 2.12. The van der Waals surface area contributed by atoms with Gasteiger partial charge in [0.25, 0.3) is 0 Å². The molecule has 3 fully saturated rings. The SMILES string of the molecule is C#CC12CC(C)CCC(C1)C2. The van der Waals surface area contributed by atoms with Gasteiger partial charge in [-0.25, -0.2) is 0 Å². The van der Waals surface area contributed by atoms with Crippen molar-refractivity contribution in [2.45, 2.75) is 39.0 Å². The molecule has 0 N–H and O–H groups in total. The van der Waals surface area contributed by atoms with Crippen molar-refractivity contribution in [2.75, 3.05) is 0 Å². The van der Waals surface area contributed by atoms with Crippen LogP contribution in [0.2, 0.25) is 0 Å². The van der Waals surface area contributed by atoms with E-state index in [1.807, 2.05) is 0 Å². The molecule has 0 aromatic heterocycles. The van der Waals surface area contributed by atoms with E-state index in [0.717, 1.165) is 11.8 Å². The van der Waals surface area contributed by atoms with Crippen molar-refractivity contribution in [3.63, 3.8) is 0 Å². The van der Waals surface area contributed by atoms with Gasteiger partial charge in [-0.05, 0) is 31.1 Å². The Bertz CT molecular complexity index is 191. The smallest absolute Gasteiger partial charge is 0.0319 e. The first-order valence-corrected chi connectivity index (χ1v) is 4.72. The minimum absolute atomic E-state index is 0.348. The Morgan fingerprint density at radius 1 is 1.27 bits per heavy atom. The summed E-state index contributed by atoms with van der Waals surface area (Å²) in [6.07, 6.45) is 12.3. The molecule has 1 unspecified atom stereocenters. The average Bonchev–Trinajstić information content (AvgIpc) is 2.15. The second-order valence-corrected chi connectivity index (χ2v) is 4.59. The maximum atomic E-state index is 5.56. The van der Waals surface area contributed by atoms with Crippen molar-refractivity contribution < 1.29 is 0 Å². The highest BCUT2D eigenvalue weighted by Gasteiger charge is 2.45. The van der Waals surface area contributed by atoms with Crippen LogP contribution in [0.15, 0.2) is 0 Å². The van der Waals surface area contributed by atoms with Crippen molar-refractivity contribution in [1.29, 1.82) is 0 Å². The minimum atomic E-state index is 0.348. The monoisotopic (exact) mass is 148 g/mol. The first-order valence-electron chi connectivity index (χ1n) is 4.72. The summed E-state index contributed by atoms with van der Waals surface area (Å²) in [7, 11) is 0. The summed E-state index contributed by atoms with van der Waals surface area (Å²) in [6.45, 7) is 2.35. The highest BCUT2D eigenvalue weighted by molar-refractivity contribution is 5.14. The molecule has 0 radical (unpaired) electrons. The summed E-state index contributed by atoms with van der Waals surface area (Å²) in [5.41, 5.74) is 0.348. The minimum Gasteiger partial charge on any atom is -0.120 e. The van der Waals surface area contributed by atoms with Gasteiger partial charge in [0.1, 0.15) is 0 Å². The second-order valence-electron chi connectivity index (χ2n) is 4.59. The lowest BCUT2D eigenvalue weighted by Crippen LogP contribution is -2.34. The molecule has 0 saturated heterocycles. The Morgan fingerprint density at radius 3 is 2.64 bits per heavy atom. The molecule has 2 bridgehead atoms. The van der Waals surface area contributed by atoms with Gasteiger partial charge in [0, 0.05) is 5.41 Å². The van der Waals surface area contributed by atoms with Crippen molar-refractivity contribution in [1.82, 2.24) is 0 Å². The van der Waals surface area contributed by atoms with E-state index < -0.39 is 0 Å². The van der Waals surface area contributed by atoms with E-state index in [1.165, 1.54) is 32.1 Å². The third-order valence-corrected chi connectivity index (χ3v) is 3.47. The summed E-state index contributed by atoms with van der Waals surface area (Å²) in [4.78, 5) is 0. The predicted molar refractivity (Wildman–Crippen MR) is 47.0 cm³/mol. The molecule has 60 valence electrons. The molecule has 3 rings (SSSR count). The predicted octanol–water partition coefficient (Wildman–Crippen LogP) is 2.84. The van der Waals surface area contributed by atoms with Crippen LogP contribution in [0.4, 0.5) is 0 Å². The zero-order chi connectivity index (χ0) is 7.90. The Hall–Kier alpha value is -0.440. The molecule has 0 heteroatoms. The quantitative estimate of drug-likeness (QED) is 0.463. The molecule has 0 aliphatic heterocycles. The fraction of sp³-hybridized carbons (Fsp3) is 0.818. The third-order valence-electron chi connectivity index (χ3n) is 3.47. The lowest BCUT2D eigenvalue weighted by atomic mass is 9.61. The van der Waals surface area contributed by atoms with Crippen LogP contribution in [0, 0.1) is 29.6 Å². The summed E-state index contributed by atoms with van der Waals surface area (Å²) in [5.74, 6) is 4.87. The van der Waals surface area contributed by atoms with Crippen molar-refractivity contribution in [3.05, 3.63) is 0 Å². The van der Waals surface area contributed by atoms with Crippen LogP contribution in [0.5, 0.6) is 0 Å². The van der Waals surface area contributed by atoms with E-state index >= 15 is 0 Å². The number of rotatable bonds is 0. The normalized spacial score (nSPS) is 48.7. The molecule has 0 heterocycles. The van der Waals surface area contributed by atoms with E-state index in [1.54, 1.807) is 0 Å². The molecule has 3 saturated carbocycles. The average molecular weight is 148 g/mol. The highest BCUT2D eigenvalue weighted by atomic mass is 14.5. The molecule has 11 heavy (non-hydrogen) atoms. The van der Waals surface area contributed by atoms with Gasteiger partial charge >= 0.3 is 0 Å². The standard InChI is InChI=1S/C11H16/c1-3-11-6-9(2)4-5-10(7-11)8-11/h1,9-10H,4-8H2,2H3. The Kier molecular flexibility index (Phi) is 1.49. The van der Waals surface area contributed by atoms with E-state index in [9.17, 15) is 0 Å². The number of hydrogen-bond donors (Lipinski definition) is 0. The van der Waals surface area contributed by atoms with Crippen LogP contribution in [-0.2, 0) is 0 Å². The lowest BCUT2D eigenvalue weighted by Gasteiger charge is -2.42. The summed E-state index contributed by atoms with van der Waals surface area (Å²) in [6, 6.07) is 0. The van der Waals surface area contributed by atoms with E-state index in [-0.39, 0.29) is 0 Å². The largest absolute Gasteiger partial charge is 0.120 e. The molecule has 1 atom stereocenters. The molecule has 0 nitrogen and oxygen atoms in total. The van der Waals surface area contributed by atoms with Crippen molar-refractivity contribution >= 4 is 0 Å². The fourth-order valence-electron chi connectivity index (χ4n) is 2.88. The zero-order valence-electron chi connectivity index (χ0n) is 7.27. The van der Waals surface area contributed by atoms with Gasteiger partial charge in [-0.15, -0.1) is 6.42 Å². The molecule has 0 amide bonds. The van der Waals surface area contributed by atoms with Crippen molar-refractivity contribution in [2.24, 2.45) is 17.3 Å². The van der Waals surface area contributed by atoms with Gasteiger partial charge in [-0.2, -0.15) is 0 Å². The zero-order valence-corrected chi connectivity index (χ0v) is 7.27. The molecular weight excluding hydrogens is 132 g/mol. The van der Waals surface area contributed by atoms with E-state index in [4.69, 9.17) is 6.42 Å². The molecule has 0 aromatic carbocycles. The summed E-state index contributed by atoms with van der Waals surface area (Å²) < 4.78 is 0. The number of hydrogen-bond acceptors (Lipinski definition) is 0. The second kappa shape index (κ2) is 2.27. The van der Waals surface area contributed by atoms with E-state index in [0.29, 0.717) is 5.41 Å². The van der Waals surface area contributed by atoms with Crippen LogP contribution >= 0.6 is 0 Å². The van der Waals surface area contributed by atoms with Gasteiger partial charge in [0.15, 0.2) is 0 Å². The van der Waals surface area contributed by atoms with Crippen molar-refractivity contribution in [3.8, 4) is 12.3 Å². The van der Waals surface area contributed by atoms with Gasteiger partial charge in [-0.1, -0.05) is 25.7 Å². The number of fused-ring (bicyclic) bond motifs is 3. The third kappa shape index (κ3) is 1.07. The van der Waals surface area contributed by atoms with Crippen LogP contribution in [0.1, 0.15) is 39.0 Å². The molecule has 3 aliphatic rings. The van der Waals surface area contributed by atoms with Gasteiger partial charge < -0.3 is 0 Å². The van der Waals surface area contributed by atoms with E-state index in [2.05, 4.69) is 12.8 Å². The lowest BCUT2D eigenvalue weighted by molar-refractivity contribution is 0.119.